The molecule has 0 aliphatic carbocycles. The minimum absolute atomic E-state index is 0.0211. The van der Waals surface area contributed by atoms with E-state index in [-0.39, 0.29) is 55.3 Å². The third-order valence-corrected chi connectivity index (χ3v) is 10.8. The smallest absolute Gasteiger partial charge is 0.245 e. The number of piperidine rings is 1. The highest BCUT2D eigenvalue weighted by Crippen LogP contribution is 2.20. The predicted molar refractivity (Wildman–Crippen MR) is 234 cm³/mol. The molecule has 6 atom stereocenters. The van der Waals surface area contributed by atoms with Crippen molar-refractivity contribution in [1.29, 1.82) is 0 Å². The molecular formula is C45H77N7O7. The second-order valence-electron chi connectivity index (χ2n) is 17.4. The van der Waals surface area contributed by atoms with Crippen molar-refractivity contribution in [3.05, 3.63) is 37.0 Å². The minimum atomic E-state index is -1.12. The van der Waals surface area contributed by atoms with Crippen LogP contribution in [0.1, 0.15) is 106 Å². The van der Waals surface area contributed by atoms with Crippen LogP contribution in [0.5, 0.6) is 0 Å². The number of likely N-dealkylation sites (tertiary alicyclic amines) is 1. The number of nitrogens with one attached hydrogen (secondary N) is 2. The number of aldehydes is 1. The predicted octanol–water partition coefficient (Wildman–Crippen LogP) is 4.21. The summed E-state index contributed by atoms with van der Waals surface area (Å²) < 4.78 is 0. The number of nitrogens with zero attached hydrogens (tertiary/aromatic N) is 5. The van der Waals surface area contributed by atoms with Crippen molar-refractivity contribution in [2.75, 3.05) is 48.3 Å². The SMILES string of the molecule is C=C/C=C\C=C\C[C@@H](C=O)N(C)C(=O)[C@H](CC(C)C)N(C)C(=O)[C@H](CC(C)C)NC(=O)[C@H](CC)N(C)C(=O)CC(NC(=O)[C@H](CC(C)C)N(C)C)C(=O)N1CCCCC1. The zero-order valence-electron chi connectivity index (χ0n) is 38.2. The number of allylic oxidation sites excluding steroid dienone is 4. The average Bonchev–Trinajstić information content (AvgIpc) is 3.18. The van der Waals surface area contributed by atoms with Crippen LogP contribution in [0.25, 0.3) is 0 Å². The molecule has 0 radical (unpaired) electrons. The fourth-order valence-corrected chi connectivity index (χ4v) is 7.30. The number of hydrogen-bond donors (Lipinski definition) is 2. The van der Waals surface area contributed by atoms with Gasteiger partial charge in [-0.3, -0.25) is 33.7 Å². The van der Waals surface area contributed by atoms with Gasteiger partial charge in [0.1, 0.15) is 30.5 Å². The normalized spacial score (nSPS) is 16.4. The molecule has 14 heteroatoms. The Hall–Kier alpha value is -4.33. The summed E-state index contributed by atoms with van der Waals surface area (Å²) in [5, 5.41) is 5.79. The second-order valence-corrected chi connectivity index (χ2v) is 17.4. The van der Waals surface area contributed by atoms with Crippen molar-refractivity contribution >= 4 is 41.7 Å². The van der Waals surface area contributed by atoms with Gasteiger partial charge in [-0.1, -0.05) is 85.4 Å². The van der Waals surface area contributed by atoms with Gasteiger partial charge in [0, 0.05) is 34.2 Å². The van der Waals surface area contributed by atoms with Gasteiger partial charge in [-0.05, 0) is 83.2 Å². The van der Waals surface area contributed by atoms with Crippen LogP contribution in [0, 0.1) is 17.8 Å². The van der Waals surface area contributed by atoms with E-state index in [1.165, 1.54) is 21.7 Å². The average molecular weight is 828 g/mol. The number of rotatable bonds is 25. The molecule has 1 fully saturated rings. The molecule has 59 heavy (non-hydrogen) atoms. The van der Waals surface area contributed by atoms with Crippen LogP contribution >= 0.6 is 0 Å². The summed E-state index contributed by atoms with van der Waals surface area (Å²) >= 11 is 0. The Morgan fingerprint density at radius 2 is 1.20 bits per heavy atom. The molecule has 0 aromatic heterocycles. The number of carbonyl (C=O) groups is 7. The lowest BCUT2D eigenvalue weighted by Gasteiger charge is -2.36. The molecule has 0 aromatic rings. The van der Waals surface area contributed by atoms with Gasteiger partial charge in [0.2, 0.25) is 35.4 Å². The van der Waals surface area contributed by atoms with Crippen LogP contribution in [0.3, 0.4) is 0 Å². The van der Waals surface area contributed by atoms with Crippen molar-refractivity contribution < 1.29 is 33.6 Å². The first-order valence-corrected chi connectivity index (χ1v) is 21.5. The minimum Gasteiger partial charge on any atom is -0.342 e. The summed E-state index contributed by atoms with van der Waals surface area (Å²) in [5.74, 6) is -2.36. The lowest BCUT2D eigenvalue weighted by Crippen LogP contribution is -2.59. The van der Waals surface area contributed by atoms with E-state index in [1.54, 1.807) is 75.3 Å². The fraction of sp³-hybridized carbons (Fsp3) is 0.711. The molecule has 6 amide bonds. The van der Waals surface area contributed by atoms with Crippen LogP contribution in [-0.4, -0.2) is 151 Å². The van der Waals surface area contributed by atoms with Crippen LogP contribution in [-0.2, 0) is 33.6 Å². The molecule has 0 saturated carbocycles. The Balaban J connectivity index is 3.36. The maximum atomic E-state index is 14.3. The van der Waals surface area contributed by atoms with E-state index in [4.69, 9.17) is 0 Å². The van der Waals surface area contributed by atoms with Gasteiger partial charge in [0.15, 0.2) is 0 Å². The molecule has 1 aliphatic heterocycles. The Labute approximate surface area is 355 Å². The van der Waals surface area contributed by atoms with Crippen LogP contribution in [0.15, 0.2) is 37.0 Å². The summed E-state index contributed by atoms with van der Waals surface area (Å²) in [7, 11) is 8.20. The van der Waals surface area contributed by atoms with Gasteiger partial charge >= 0.3 is 0 Å². The van der Waals surface area contributed by atoms with Gasteiger partial charge < -0.3 is 35.0 Å². The zero-order valence-corrected chi connectivity index (χ0v) is 38.2. The van der Waals surface area contributed by atoms with Gasteiger partial charge in [-0.25, -0.2) is 0 Å². The lowest BCUT2D eigenvalue weighted by atomic mass is 9.97. The number of carbonyl (C=O) groups excluding carboxylic acids is 7. The third-order valence-electron chi connectivity index (χ3n) is 10.8. The number of hydrogen-bond acceptors (Lipinski definition) is 8. The molecule has 1 saturated heterocycles. The summed E-state index contributed by atoms with van der Waals surface area (Å²) in [6.45, 7) is 18.2. The maximum Gasteiger partial charge on any atom is 0.245 e. The highest BCUT2D eigenvalue weighted by atomic mass is 16.2. The summed E-state index contributed by atoms with van der Waals surface area (Å²) in [6.07, 6.45) is 13.4. The first-order valence-electron chi connectivity index (χ1n) is 21.5. The molecular weight excluding hydrogens is 751 g/mol. The van der Waals surface area contributed by atoms with E-state index in [0.29, 0.717) is 32.2 Å². The van der Waals surface area contributed by atoms with E-state index in [0.717, 1.165) is 19.3 Å². The van der Waals surface area contributed by atoms with Crippen molar-refractivity contribution in [1.82, 2.24) is 35.1 Å². The fourth-order valence-electron chi connectivity index (χ4n) is 7.30. The van der Waals surface area contributed by atoms with Gasteiger partial charge in [0.05, 0.1) is 18.5 Å². The highest BCUT2D eigenvalue weighted by molar-refractivity contribution is 5.96. The molecule has 0 bridgehead atoms. The van der Waals surface area contributed by atoms with E-state index in [9.17, 15) is 33.6 Å². The maximum absolute atomic E-state index is 14.3. The molecule has 0 aromatic carbocycles. The van der Waals surface area contributed by atoms with Gasteiger partial charge in [-0.15, -0.1) is 0 Å². The highest BCUT2D eigenvalue weighted by Gasteiger charge is 2.38. The summed E-state index contributed by atoms with van der Waals surface area (Å²) in [6, 6.07) is -5.29. The monoisotopic (exact) mass is 828 g/mol. The molecule has 1 heterocycles. The molecule has 0 spiro atoms. The van der Waals surface area contributed by atoms with E-state index < -0.39 is 59.9 Å². The first kappa shape index (κ1) is 52.7. The van der Waals surface area contributed by atoms with Gasteiger partial charge in [0.25, 0.3) is 0 Å². The van der Waals surface area contributed by atoms with Crippen LogP contribution in [0.2, 0.25) is 0 Å². The summed E-state index contributed by atoms with van der Waals surface area (Å²) in [4.78, 5) is 103. The molecule has 1 aliphatic rings. The second kappa shape index (κ2) is 26.7. The van der Waals surface area contributed by atoms with Crippen LogP contribution < -0.4 is 10.6 Å². The largest absolute Gasteiger partial charge is 0.342 e. The van der Waals surface area contributed by atoms with Crippen molar-refractivity contribution in [3.8, 4) is 0 Å². The quantitative estimate of drug-likeness (QED) is 0.102. The van der Waals surface area contributed by atoms with E-state index in [2.05, 4.69) is 17.2 Å². The van der Waals surface area contributed by atoms with Crippen molar-refractivity contribution in [3.63, 3.8) is 0 Å². The Morgan fingerprint density at radius 3 is 1.71 bits per heavy atom. The standard InChI is InChI=1S/C45H77N7O7/c1-14-16-17-18-20-23-34(30-53)49(11)45(59)39(28-33(7)8)51(13)43(57)35(26-31(3)4)46-41(55)37(15-2)50(12)40(54)29-36(44(58)52-24-21-19-22-25-52)47-42(56)38(48(9)10)27-32(5)6/h14,16-18,20,30-39H,1,15,19,21-29H2,2-13H3,(H,46,55)(H,47,56)/b17-16-,20-18+/t34-,35-,36?,37-,38-,39-/m0/s1. The third kappa shape index (κ3) is 17.4. The lowest BCUT2D eigenvalue weighted by molar-refractivity contribution is -0.149. The Morgan fingerprint density at radius 1 is 0.661 bits per heavy atom. The molecule has 14 nitrogen and oxygen atoms in total. The number of amides is 6. The molecule has 334 valence electrons. The summed E-state index contributed by atoms with van der Waals surface area (Å²) in [5.41, 5.74) is 0. The first-order chi connectivity index (χ1) is 27.7. The van der Waals surface area contributed by atoms with Crippen LogP contribution in [0.4, 0.5) is 0 Å². The molecule has 1 rings (SSSR count). The van der Waals surface area contributed by atoms with E-state index >= 15 is 0 Å². The van der Waals surface area contributed by atoms with Gasteiger partial charge in [-0.2, -0.15) is 0 Å². The van der Waals surface area contributed by atoms with Crippen molar-refractivity contribution in [2.45, 2.75) is 143 Å². The Bertz CT molecular complexity index is 1450. The molecule has 2 N–H and O–H groups in total. The molecule has 1 unspecified atom stereocenters. The van der Waals surface area contributed by atoms with E-state index in [1.807, 2.05) is 41.5 Å². The zero-order chi connectivity index (χ0) is 45.0. The van der Waals surface area contributed by atoms with Crippen molar-refractivity contribution in [2.24, 2.45) is 17.8 Å². The topological polar surface area (TPSA) is 160 Å². The number of likely N-dealkylation sites (N-methyl/N-ethyl adjacent to an activating group) is 4. The Kier molecular flexibility index (Phi) is 23.8.